The summed E-state index contributed by atoms with van der Waals surface area (Å²) in [6.45, 7) is 3.19. The van der Waals surface area contributed by atoms with Crippen molar-refractivity contribution in [3.05, 3.63) is 41.1 Å². The number of hydrogen-bond acceptors (Lipinski definition) is 5. The molecular weight excluding hydrogens is 246 g/mol. The molecule has 0 atom stereocenters. The molecule has 19 heavy (non-hydrogen) atoms. The summed E-state index contributed by atoms with van der Waals surface area (Å²) in [5.41, 5.74) is 2.91. The molecule has 0 spiro atoms. The zero-order valence-corrected chi connectivity index (χ0v) is 11.3. The predicted molar refractivity (Wildman–Crippen MR) is 68.5 cm³/mol. The zero-order valence-electron chi connectivity index (χ0n) is 11.3. The van der Waals surface area contributed by atoms with E-state index in [0.717, 1.165) is 16.8 Å². The van der Waals surface area contributed by atoms with Crippen LogP contribution in [0.1, 0.15) is 27.4 Å². The summed E-state index contributed by atoms with van der Waals surface area (Å²) in [5, 5.41) is 7.53. The van der Waals surface area contributed by atoms with Gasteiger partial charge in [-0.2, -0.15) is 5.10 Å². The van der Waals surface area contributed by atoms with E-state index in [4.69, 9.17) is 4.42 Å². The van der Waals surface area contributed by atoms with Crippen LogP contribution in [-0.4, -0.2) is 22.9 Å². The Morgan fingerprint density at radius 1 is 1.47 bits per heavy atom. The number of carbonyl (C=O) groups is 1. The lowest BCUT2D eigenvalue weighted by molar-refractivity contribution is 0.0563. The standard InChI is InChI=1S/C13H17N3O3/c1-9-11(8-16(2)15-9)7-14-6-10-4-5-19-12(10)13(17)18-3/h4-5,8,14H,6-7H2,1-3H3. The number of hydrogen-bond donors (Lipinski definition) is 1. The molecule has 2 rings (SSSR count). The Kier molecular flexibility index (Phi) is 4.01. The van der Waals surface area contributed by atoms with Crippen LogP contribution in [-0.2, 0) is 24.9 Å². The van der Waals surface area contributed by atoms with E-state index in [1.165, 1.54) is 13.4 Å². The van der Waals surface area contributed by atoms with E-state index in [1.54, 1.807) is 10.7 Å². The molecule has 0 aliphatic rings. The van der Waals surface area contributed by atoms with Gasteiger partial charge in [0.05, 0.1) is 19.1 Å². The first-order chi connectivity index (χ1) is 9.11. The van der Waals surface area contributed by atoms with E-state index in [0.29, 0.717) is 13.1 Å². The summed E-state index contributed by atoms with van der Waals surface area (Å²) in [6.07, 6.45) is 3.46. The van der Waals surface area contributed by atoms with Crippen molar-refractivity contribution in [3.63, 3.8) is 0 Å². The molecule has 0 aliphatic carbocycles. The van der Waals surface area contributed by atoms with Crippen molar-refractivity contribution in [1.82, 2.24) is 15.1 Å². The molecule has 0 fully saturated rings. The van der Waals surface area contributed by atoms with Crippen molar-refractivity contribution in [2.45, 2.75) is 20.0 Å². The number of aromatic nitrogens is 2. The van der Waals surface area contributed by atoms with E-state index in [1.807, 2.05) is 20.2 Å². The minimum absolute atomic E-state index is 0.248. The van der Waals surface area contributed by atoms with Gasteiger partial charge in [-0.1, -0.05) is 0 Å². The van der Waals surface area contributed by atoms with Crippen molar-refractivity contribution in [2.75, 3.05) is 7.11 Å². The van der Waals surface area contributed by atoms with Gasteiger partial charge in [-0.05, 0) is 13.0 Å². The molecule has 2 aromatic rings. The first-order valence-corrected chi connectivity index (χ1v) is 5.96. The molecule has 102 valence electrons. The minimum atomic E-state index is -0.459. The van der Waals surface area contributed by atoms with Crippen LogP contribution in [0.3, 0.4) is 0 Å². The van der Waals surface area contributed by atoms with E-state index in [-0.39, 0.29) is 5.76 Å². The number of ether oxygens (including phenoxy) is 1. The second-order valence-corrected chi connectivity index (χ2v) is 4.28. The molecule has 0 aromatic carbocycles. The Labute approximate surface area is 111 Å². The average Bonchev–Trinajstić information content (AvgIpc) is 2.96. The Morgan fingerprint density at radius 3 is 2.84 bits per heavy atom. The summed E-state index contributed by atoms with van der Waals surface area (Å²) in [4.78, 5) is 11.4. The Morgan fingerprint density at radius 2 is 2.21 bits per heavy atom. The van der Waals surface area contributed by atoms with E-state index in [9.17, 15) is 4.79 Å². The number of nitrogens with one attached hydrogen (secondary N) is 1. The summed E-state index contributed by atoms with van der Waals surface area (Å²) in [7, 11) is 3.23. The van der Waals surface area contributed by atoms with Gasteiger partial charge in [0.2, 0.25) is 5.76 Å². The molecule has 0 saturated carbocycles. The average molecular weight is 263 g/mol. The Bertz CT molecular complexity index is 571. The van der Waals surface area contributed by atoms with Crippen LogP contribution in [0.15, 0.2) is 22.9 Å². The van der Waals surface area contributed by atoms with Crippen LogP contribution < -0.4 is 5.32 Å². The smallest absolute Gasteiger partial charge is 0.374 e. The lowest BCUT2D eigenvalue weighted by atomic mass is 10.2. The fraction of sp³-hybridized carbons (Fsp3) is 0.385. The summed E-state index contributed by atoms with van der Waals surface area (Å²) < 4.78 is 11.5. The lowest BCUT2D eigenvalue weighted by Gasteiger charge is -2.03. The molecule has 0 bridgehead atoms. The zero-order chi connectivity index (χ0) is 13.8. The highest BCUT2D eigenvalue weighted by molar-refractivity contribution is 5.87. The van der Waals surface area contributed by atoms with Crippen LogP contribution in [0.2, 0.25) is 0 Å². The number of esters is 1. The second kappa shape index (κ2) is 5.71. The second-order valence-electron chi connectivity index (χ2n) is 4.28. The molecule has 0 amide bonds. The first-order valence-electron chi connectivity index (χ1n) is 5.96. The summed E-state index contributed by atoms with van der Waals surface area (Å²) in [6, 6.07) is 1.76. The van der Waals surface area contributed by atoms with Gasteiger partial charge in [0.15, 0.2) is 0 Å². The molecule has 0 radical (unpaired) electrons. The van der Waals surface area contributed by atoms with Crippen LogP contribution in [0.25, 0.3) is 0 Å². The third-order valence-corrected chi connectivity index (χ3v) is 2.86. The normalized spacial score (nSPS) is 10.7. The third-order valence-electron chi connectivity index (χ3n) is 2.86. The molecule has 2 heterocycles. The number of methoxy groups -OCH3 is 1. The van der Waals surface area contributed by atoms with Crippen molar-refractivity contribution in [2.24, 2.45) is 7.05 Å². The van der Waals surface area contributed by atoms with Crippen LogP contribution in [0, 0.1) is 6.92 Å². The fourth-order valence-corrected chi connectivity index (χ4v) is 1.90. The van der Waals surface area contributed by atoms with Crippen LogP contribution in [0.4, 0.5) is 0 Å². The van der Waals surface area contributed by atoms with Gasteiger partial charge in [-0.15, -0.1) is 0 Å². The van der Waals surface area contributed by atoms with Crippen molar-refractivity contribution in [1.29, 1.82) is 0 Å². The van der Waals surface area contributed by atoms with Gasteiger partial charge in [0.1, 0.15) is 0 Å². The SMILES string of the molecule is COC(=O)c1occc1CNCc1cn(C)nc1C. The highest BCUT2D eigenvalue weighted by atomic mass is 16.5. The van der Waals surface area contributed by atoms with Gasteiger partial charge in [0.25, 0.3) is 0 Å². The topological polar surface area (TPSA) is 69.3 Å². The number of aryl methyl sites for hydroxylation is 2. The lowest BCUT2D eigenvalue weighted by Crippen LogP contribution is -2.15. The highest BCUT2D eigenvalue weighted by Gasteiger charge is 2.15. The number of furan rings is 1. The quantitative estimate of drug-likeness (QED) is 0.826. The number of rotatable bonds is 5. The molecule has 0 unspecified atom stereocenters. The first kappa shape index (κ1) is 13.4. The molecule has 1 N–H and O–H groups in total. The van der Waals surface area contributed by atoms with E-state index in [2.05, 4.69) is 15.2 Å². The van der Waals surface area contributed by atoms with E-state index >= 15 is 0 Å². The van der Waals surface area contributed by atoms with Gasteiger partial charge in [0, 0.05) is 37.5 Å². The minimum Gasteiger partial charge on any atom is -0.463 e. The van der Waals surface area contributed by atoms with E-state index < -0.39 is 5.97 Å². The monoisotopic (exact) mass is 263 g/mol. The predicted octanol–water partition coefficient (Wildman–Crippen LogP) is 1.40. The molecule has 0 aliphatic heterocycles. The summed E-state index contributed by atoms with van der Waals surface area (Å²) >= 11 is 0. The van der Waals surface area contributed by atoms with Gasteiger partial charge < -0.3 is 14.5 Å². The van der Waals surface area contributed by atoms with Crippen molar-refractivity contribution >= 4 is 5.97 Å². The number of nitrogens with zero attached hydrogens (tertiary/aromatic N) is 2. The van der Waals surface area contributed by atoms with Crippen LogP contribution in [0.5, 0.6) is 0 Å². The Balaban J connectivity index is 1.95. The Hall–Kier alpha value is -2.08. The highest BCUT2D eigenvalue weighted by Crippen LogP contribution is 2.12. The maximum Gasteiger partial charge on any atom is 0.374 e. The van der Waals surface area contributed by atoms with Crippen molar-refractivity contribution < 1.29 is 13.9 Å². The summed E-state index contributed by atoms with van der Waals surface area (Å²) in [5.74, 6) is -0.211. The fourth-order valence-electron chi connectivity index (χ4n) is 1.90. The largest absolute Gasteiger partial charge is 0.463 e. The van der Waals surface area contributed by atoms with Crippen molar-refractivity contribution in [3.8, 4) is 0 Å². The van der Waals surface area contributed by atoms with Gasteiger partial charge in [-0.3, -0.25) is 4.68 Å². The number of carbonyl (C=O) groups excluding carboxylic acids is 1. The molecule has 6 nitrogen and oxygen atoms in total. The van der Waals surface area contributed by atoms with Crippen LogP contribution >= 0.6 is 0 Å². The van der Waals surface area contributed by atoms with Gasteiger partial charge in [-0.25, -0.2) is 4.79 Å². The molecular formula is C13H17N3O3. The van der Waals surface area contributed by atoms with Gasteiger partial charge >= 0.3 is 5.97 Å². The molecule has 6 heteroatoms. The maximum atomic E-state index is 11.4. The third kappa shape index (κ3) is 3.03. The molecule has 0 saturated heterocycles. The maximum absolute atomic E-state index is 11.4. The molecule has 2 aromatic heterocycles.